The molecule has 82 valence electrons. The summed E-state index contributed by atoms with van der Waals surface area (Å²) in [6.45, 7) is 7.78. The van der Waals surface area contributed by atoms with Gasteiger partial charge in [0.1, 0.15) is 0 Å². The molecular weight excluding hydrogens is 186 g/mol. The fourth-order valence-corrected chi connectivity index (χ4v) is 2.18. The Bertz CT molecular complexity index is 289. The van der Waals surface area contributed by atoms with Gasteiger partial charge < -0.3 is 5.32 Å². The molecular formula is C12H19N3. The molecule has 0 saturated carbocycles. The Kier molecular flexibility index (Phi) is 3.34. The first-order valence-electron chi connectivity index (χ1n) is 5.62. The van der Waals surface area contributed by atoms with Crippen LogP contribution in [-0.2, 0) is 6.54 Å². The largest absolute Gasteiger partial charge is 0.314 e. The van der Waals surface area contributed by atoms with E-state index in [4.69, 9.17) is 0 Å². The highest BCUT2D eigenvalue weighted by Crippen LogP contribution is 2.13. The summed E-state index contributed by atoms with van der Waals surface area (Å²) in [5, 5.41) is 3.45. The van der Waals surface area contributed by atoms with Crippen LogP contribution in [0.1, 0.15) is 19.4 Å². The molecule has 0 bridgehead atoms. The van der Waals surface area contributed by atoms with Gasteiger partial charge in [-0.2, -0.15) is 0 Å². The summed E-state index contributed by atoms with van der Waals surface area (Å²) in [4.78, 5) is 6.59. The summed E-state index contributed by atoms with van der Waals surface area (Å²) in [5.41, 5.74) is 1.35. The van der Waals surface area contributed by atoms with Crippen LogP contribution in [0, 0.1) is 0 Å². The fraction of sp³-hybridized carbons (Fsp3) is 0.583. The fourth-order valence-electron chi connectivity index (χ4n) is 2.18. The normalized spacial score (nSPS) is 27.9. The van der Waals surface area contributed by atoms with E-state index in [1.165, 1.54) is 5.56 Å². The zero-order valence-corrected chi connectivity index (χ0v) is 9.48. The maximum absolute atomic E-state index is 4.05. The van der Waals surface area contributed by atoms with Gasteiger partial charge in [-0.1, -0.05) is 0 Å². The van der Waals surface area contributed by atoms with E-state index in [-0.39, 0.29) is 0 Å². The van der Waals surface area contributed by atoms with Gasteiger partial charge >= 0.3 is 0 Å². The third-order valence-electron chi connectivity index (χ3n) is 3.13. The Morgan fingerprint density at radius 3 is 2.47 bits per heavy atom. The average molecular weight is 205 g/mol. The maximum Gasteiger partial charge on any atom is 0.0271 e. The SMILES string of the molecule is C[C@@H]1CNC[C@H](C)N1Cc1ccncc1. The average Bonchev–Trinajstić information content (AvgIpc) is 2.25. The van der Waals surface area contributed by atoms with Crippen LogP contribution < -0.4 is 5.32 Å². The van der Waals surface area contributed by atoms with Gasteiger partial charge in [-0.25, -0.2) is 0 Å². The van der Waals surface area contributed by atoms with E-state index in [9.17, 15) is 0 Å². The first kappa shape index (κ1) is 10.6. The minimum Gasteiger partial charge on any atom is -0.314 e. The van der Waals surface area contributed by atoms with Crippen LogP contribution in [0.4, 0.5) is 0 Å². The molecule has 0 aromatic carbocycles. The Hall–Kier alpha value is -0.930. The van der Waals surface area contributed by atoms with Crippen LogP contribution >= 0.6 is 0 Å². The van der Waals surface area contributed by atoms with E-state index in [0.717, 1.165) is 19.6 Å². The van der Waals surface area contributed by atoms with Crippen molar-refractivity contribution in [3.63, 3.8) is 0 Å². The van der Waals surface area contributed by atoms with E-state index < -0.39 is 0 Å². The molecule has 1 aliphatic heterocycles. The summed E-state index contributed by atoms with van der Waals surface area (Å²) < 4.78 is 0. The van der Waals surface area contributed by atoms with E-state index in [0.29, 0.717) is 12.1 Å². The smallest absolute Gasteiger partial charge is 0.0271 e. The van der Waals surface area contributed by atoms with E-state index >= 15 is 0 Å². The van der Waals surface area contributed by atoms with Gasteiger partial charge in [0.25, 0.3) is 0 Å². The van der Waals surface area contributed by atoms with Crippen molar-refractivity contribution in [3.05, 3.63) is 30.1 Å². The van der Waals surface area contributed by atoms with Gasteiger partial charge in [0.05, 0.1) is 0 Å². The molecule has 2 rings (SSSR count). The first-order valence-corrected chi connectivity index (χ1v) is 5.62. The molecule has 1 aliphatic rings. The number of hydrogen-bond donors (Lipinski definition) is 1. The third-order valence-corrected chi connectivity index (χ3v) is 3.13. The zero-order valence-electron chi connectivity index (χ0n) is 9.48. The molecule has 1 saturated heterocycles. The summed E-state index contributed by atoms with van der Waals surface area (Å²) in [6, 6.07) is 5.42. The van der Waals surface area contributed by atoms with Crippen molar-refractivity contribution in [3.8, 4) is 0 Å². The van der Waals surface area contributed by atoms with Gasteiger partial charge in [-0.15, -0.1) is 0 Å². The molecule has 3 nitrogen and oxygen atoms in total. The molecule has 0 unspecified atom stereocenters. The Balaban J connectivity index is 2.03. The number of pyridine rings is 1. The molecule has 15 heavy (non-hydrogen) atoms. The van der Waals surface area contributed by atoms with Crippen LogP contribution in [0.15, 0.2) is 24.5 Å². The number of piperazine rings is 1. The zero-order chi connectivity index (χ0) is 10.7. The number of hydrogen-bond acceptors (Lipinski definition) is 3. The molecule has 1 N–H and O–H groups in total. The highest BCUT2D eigenvalue weighted by molar-refractivity contribution is 5.10. The summed E-state index contributed by atoms with van der Waals surface area (Å²) >= 11 is 0. The molecule has 0 amide bonds. The van der Waals surface area contributed by atoms with Crippen LogP contribution in [0.25, 0.3) is 0 Å². The Labute approximate surface area is 91.5 Å². The number of nitrogens with one attached hydrogen (secondary N) is 1. The van der Waals surface area contributed by atoms with Crippen molar-refractivity contribution in [2.75, 3.05) is 13.1 Å². The predicted octanol–water partition coefficient (Wildman–Crippen LogP) is 1.26. The van der Waals surface area contributed by atoms with Gasteiger partial charge in [0.2, 0.25) is 0 Å². The predicted molar refractivity (Wildman–Crippen MR) is 61.6 cm³/mol. The molecule has 2 heterocycles. The van der Waals surface area contributed by atoms with E-state index in [1.807, 2.05) is 12.4 Å². The van der Waals surface area contributed by atoms with Crippen molar-refractivity contribution < 1.29 is 0 Å². The lowest BCUT2D eigenvalue weighted by molar-refractivity contribution is 0.109. The van der Waals surface area contributed by atoms with Crippen molar-refractivity contribution in [1.29, 1.82) is 0 Å². The molecule has 2 atom stereocenters. The Morgan fingerprint density at radius 1 is 1.27 bits per heavy atom. The highest BCUT2D eigenvalue weighted by Gasteiger charge is 2.23. The third kappa shape index (κ3) is 2.55. The van der Waals surface area contributed by atoms with Crippen LogP contribution in [0.2, 0.25) is 0 Å². The van der Waals surface area contributed by atoms with Crippen molar-refractivity contribution in [2.45, 2.75) is 32.5 Å². The summed E-state index contributed by atoms with van der Waals surface area (Å²) in [6.07, 6.45) is 3.74. The minimum absolute atomic E-state index is 0.613. The molecule has 0 aliphatic carbocycles. The van der Waals surface area contributed by atoms with Gasteiger partial charge in [-0.3, -0.25) is 9.88 Å². The number of rotatable bonds is 2. The Morgan fingerprint density at radius 2 is 1.87 bits per heavy atom. The molecule has 1 fully saturated rings. The van der Waals surface area contributed by atoms with Crippen molar-refractivity contribution in [2.24, 2.45) is 0 Å². The topological polar surface area (TPSA) is 28.2 Å². The lowest BCUT2D eigenvalue weighted by Gasteiger charge is -2.39. The van der Waals surface area contributed by atoms with Crippen LogP contribution in [0.3, 0.4) is 0 Å². The monoisotopic (exact) mass is 205 g/mol. The molecule has 0 radical (unpaired) electrons. The standard InChI is InChI=1S/C12H19N3/c1-10-7-14-8-11(2)15(10)9-12-3-5-13-6-4-12/h3-6,10-11,14H,7-9H2,1-2H3/t10-,11+. The lowest BCUT2D eigenvalue weighted by Crippen LogP contribution is -2.54. The van der Waals surface area contributed by atoms with E-state index in [2.05, 4.69) is 41.2 Å². The lowest BCUT2D eigenvalue weighted by atomic mass is 10.1. The van der Waals surface area contributed by atoms with Crippen molar-refractivity contribution in [1.82, 2.24) is 15.2 Å². The van der Waals surface area contributed by atoms with Crippen LogP contribution in [-0.4, -0.2) is 35.1 Å². The minimum atomic E-state index is 0.613. The quantitative estimate of drug-likeness (QED) is 0.788. The van der Waals surface area contributed by atoms with Crippen LogP contribution in [0.5, 0.6) is 0 Å². The molecule has 1 aromatic rings. The maximum atomic E-state index is 4.05. The molecule has 1 aromatic heterocycles. The van der Waals surface area contributed by atoms with Gasteiger partial charge in [0.15, 0.2) is 0 Å². The molecule has 0 spiro atoms. The summed E-state index contributed by atoms with van der Waals surface area (Å²) in [5.74, 6) is 0. The summed E-state index contributed by atoms with van der Waals surface area (Å²) in [7, 11) is 0. The van der Waals surface area contributed by atoms with Gasteiger partial charge in [0, 0.05) is 44.1 Å². The second kappa shape index (κ2) is 4.73. The van der Waals surface area contributed by atoms with Crippen molar-refractivity contribution >= 4 is 0 Å². The van der Waals surface area contributed by atoms with E-state index in [1.54, 1.807) is 0 Å². The highest BCUT2D eigenvalue weighted by atomic mass is 15.2. The molecule has 3 heteroatoms. The second-order valence-electron chi connectivity index (χ2n) is 4.38. The van der Waals surface area contributed by atoms with Gasteiger partial charge in [-0.05, 0) is 31.5 Å². The first-order chi connectivity index (χ1) is 7.27. The second-order valence-corrected chi connectivity index (χ2v) is 4.38. The number of aromatic nitrogens is 1. The number of nitrogens with zero attached hydrogens (tertiary/aromatic N) is 2.